The summed E-state index contributed by atoms with van der Waals surface area (Å²) in [6.07, 6.45) is 6.27. The third-order valence-corrected chi connectivity index (χ3v) is 11.9. The van der Waals surface area contributed by atoms with Crippen molar-refractivity contribution in [3.05, 3.63) is 11.3 Å². The average Bonchev–Trinajstić information content (AvgIpc) is 3.28. The van der Waals surface area contributed by atoms with E-state index >= 15 is 0 Å². The van der Waals surface area contributed by atoms with Gasteiger partial charge < -0.3 is 19.5 Å². The van der Waals surface area contributed by atoms with E-state index < -0.39 is 32.4 Å². The molecule has 4 saturated carbocycles. The number of rotatable bonds is 6. The van der Waals surface area contributed by atoms with Crippen molar-refractivity contribution in [1.29, 1.82) is 0 Å². The molecular formula is C27H41O8P. The Morgan fingerprint density at radius 3 is 2.58 bits per heavy atom. The van der Waals surface area contributed by atoms with Gasteiger partial charge in [-0.15, -0.1) is 0 Å². The van der Waals surface area contributed by atoms with Crippen LogP contribution in [0.2, 0.25) is 0 Å². The van der Waals surface area contributed by atoms with Crippen molar-refractivity contribution in [1.82, 2.24) is 0 Å². The fraction of sp³-hybridized carbons (Fsp3) is 0.852. The topological polar surface area (TPSA) is 119 Å². The Balaban J connectivity index is 1.24. The molecule has 0 amide bonds. The molecule has 0 saturated heterocycles. The van der Waals surface area contributed by atoms with Crippen LogP contribution in [0.4, 0.5) is 0 Å². The van der Waals surface area contributed by atoms with E-state index in [-0.39, 0.29) is 22.7 Å². The first-order chi connectivity index (χ1) is 16.9. The van der Waals surface area contributed by atoms with Crippen LogP contribution in [0.25, 0.3) is 0 Å². The number of carbonyl (C=O) groups is 2. The quantitative estimate of drug-likeness (QED) is 0.388. The summed E-state index contributed by atoms with van der Waals surface area (Å²) in [5.74, 6) is 1.72. The van der Waals surface area contributed by atoms with E-state index in [1.54, 1.807) is 6.92 Å². The molecule has 0 spiro atoms. The van der Waals surface area contributed by atoms with Crippen LogP contribution >= 0.6 is 7.60 Å². The predicted octanol–water partition coefficient (Wildman–Crippen LogP) is 4.38. The van der Waals surface area contributed by atoms with E-state index in [4.69, 9.17) is 13.8 Å². The standard InChI is InChI=1S/C27H41O8P/c1-15-23(21(29)14-28)33-25(31)24(15)35-36(4,32)34-17-9-11-26(2)16(13-17)5-6-18-19-7-8-22(30)27(19,3)12-10-20(18)26/h16-21,23,28-29H,5-14H2,1-4H3/t16?,17-,18?,19?,20?,21?,23?,26-,27-,36?/m0/s1. The normalized spacial score (nSPS) is 44.8. The Labute approximate surface area is 213 Å². The number of aliphatic hydroxyl groups excluding tert-OH is 2. The molecule has 2 N–H and O–H groups in total. The van der Waals surface area contributed by atoms with Gasteiger partial charge in [0.2, 0.25) is 5.76 Å². The van der Waals surface area contributed by atoms with Gasteiger partial charge in [-0.05, 0) is 87.4 Å². The Morgan fingerprint density at radius 1 is 1.11 bits per heavy atom. The summed E-state index contributed by atoms with van der Waals surface area (Å²) in [6.45, 7) is 7.01. The molecule has 0 aromatic heterocycles. The lowest BCUT2D eigenvalue weighted by Crippen LogP contribution is -2.54. The highest BCUT2D eigenvalue weighted by Crippen LogP contribution is 2.66. The maximum Gasteiger partial charge on any atom is 0.376 e. The fourth-order valence-electron chi connectivity index (χ4n) is 8.66. The number of esters is 1. The largest absolute Gasteiger partial charge is 0.449 e. The zero-order chi connectivity index (χ0) is 26.0. The lowest BCUT2D eigenvalue weighted by Gasteiger charge is -2.60. The van der Waals surface area contributed by atoms with Crippen LogP contribution in [-0.2, 0) is 27.9 Å². The molecule has 9 heteroatoms. The van der Waals surface area contributed by atoms with E-state index in [1.807, 2.05) is 0 Å². The molecule has 5 aliphatic rings. The number of Topliss-reactive ketones (excluding diaryl/α,β-unsaturated/α-hetero) is 1. The molecule has 0 aromatic rings. The van der Waals surface area contributed by atoms with Crippen molar-refractivity contribution in [3.63, 3.8) is 0 Å². The summed E-state index contributed by atoms with van der Waals surface area (Å²) in [5.41, 5.74) is 0.393. The number of aliphatic hydroxyl groups is 2. The molecule has 1 heterocycles. The molecule has 8 nitrogen and oxygen atoms in total. The van der Waals surface area contributed by atoms with Gasteiger partial charge in [0, 0.05) is 24.1 Å². The highest BCUT2D eigenvalue weighted by atomic mass is 31.2. The van der Waals surface area contributed by atoms with Crippen molar-refractivity contribution < 1.29 is 38.2 Å². The minimum atomic E-state index is -3.62. The second-order valence-corrected chi connectivity index (χ2v) is 14.5. The van der Waals surface area contributed by atoms with Gasteiger partial charge in [-0.1, -0.05) is 13.8 Å². The van der Waals surface area contributed by atoms with E-state index in [0.29, 0.717) is 35.0 Å². The zero-order valence-electron chi connectivity index (χ0n) is 21.9. The molecular weight excluding hydrogens is 483 g/mol. The fourth-order valence-corrected chi connectivity index (χ4v) is 9.99. The van der Waals surface area contributed by atoms with Gasteiger partial charge in [-0.25, -0.2) is 9.36 Å². The number of hydrogen-bond donors (Lipinski definition) is 2. The number of cyclic esters (lactones) is 1. The number of hydrogen-bond acceptors (Lipinski definition) is 8. The van der Waals surface area contributed by atoms with Gasteiger partial charge in [0.1, 0.15) is 11.9 Å². The molecule has 202 valence electrons. The van der Waals surface area contributed by atoms with Gasteiger partial charge in [0.25, 0.3) is 0 Å². The van der Waals surface area contributed by atoms with E-state index in [2.05, 4.69) is 13.8 Å². The Morgan fingerprint density at radius 2 is 1.86 bits per heavy atom. The molecule has 4 fully saturated rings. The van der Waals surface area contributed by atoms with Crippen LogP contribution in [-0.4, -0.2) is 53.5 Å². The van der Waals surface area contributed by atoms with E-state index in [1.165, 1.54) is 6.66 Å². The van der Waals surface area contributed by atoms with Crippen molar-refractivity contribution >= 4 is 19.3 Å². The van der Waals surface area contributed by atoms with Crippen molar-refractivity contribution in [2.24, 2.45) is 34.5 Å². The number of ether oxygens (including phenoxy) is 1. The number of fused-ring (bicyclic) bond motifs is 5. The Kier molecular flexibility index (Phi) is 6.76. The van der Waals surface area contributed by atoms with Crippen LogP contribution in [0.5, 0.6) is 0 Å². The van der Waals surface area contributed by atoms with E-state index in [0.717, 1.165) is 57.8 Å². The molecule has 0 bridgehead atoms. The van der Waals surface area contributed by atoms with E-state index in [9.17, 15) is 24.4 Å². The summed E-state index contributed by atoms with van der Waals surface area (Å²) in [7, 11) is -3.62. The van der Waals surface area contributed by atoms with Crippen LogP contribution in [0.15, 0.2) is 11.3 Å². The summed E-state index contributed by atoms with van der Waals surface area (Å²) in [6, 6.07) is 0. The predicted molar refractivity (Wildman–Crippen MR) is 132 cm³/mol. The number of carbonyl (C=O) groups excluding carboxylic acids is 2. The molecule has 4 aliphatic carbocycles. The van der Waals surface area contributed by atoms with Crippen LogP contribution in [0, 0.1) is 34.5 Å². The van der Waals surface area contributed by atoms with Gasteiger partial charge in [0.05, 0.1) is 12.7 Å². The van der Waals surface area contributed by atoms with Gasteiger partial charge in [0.15, 0.2) is 6.10 Å². The number of ketones is 1. The zero-order valence-corrected chi connectivity index (χ0v) is 22.8. The first-order valence-corrected chi connectivity index (χ1v) is 15.6. The lowest BCUT2D eigenvalue weighted by molar-refractivity contribution is -0.147. The van der Waals surface area contributed by atoms with Crippen LogP contribution in [0.1, 0.15) is 78.6 Å². The van der Waals surface area contributed by atoms with Crippen LogP contribution in [0.3, 0.4) is 0 Å². The lowest BCUT2D eigenvalue weighted by atomic mass is 9.45. The molecule has 0 aromatic carbocycles. The molecule has 5 rings (SSSR count). The van der Waals surface area contributed by atoms with Gasteiger partial charge in [-0.3, -0.25) is 9.32 Å². The average molecular weight is 525 g/mol. The molecule has 7 unspecified atom stereocenters. The van der Waals surface area contributed by atoms with Crippen molar-refractivity contribution in [2.75, 3.05) is 13.3 Å². The maximum atomic E-state index is 13.3. The second-order valence-electron chi connectivity index (χ2n) is 12.5. The second kappa shape index (κ2) is 9.21. The molecule has 36 heavy (non-hydrogen) atoms. The third kappa shape index (κ3) is 4.20. The van der Waals surface area contributed by atoms with Gasteiger partial charge >= 0.3 is 13.6 Å². The molecule has 0 radical (unpaired) electrons. The smallest absolute Gasteiger partial charge is 0.376 e. The molecule has 10 atom stereocenters. The summed E-state index contributed by atoms with van der Waals surface area (Å²) >= 11 is 0. The monoisotopic (exact) mass is 524 g/mol. The SMILES string of the molecule is CC1=C(OP(C)(=O)O[C@H]2CC[C@@]3(C)C(CCC4C3CC[C@]3(C)C(=O)CCC43)C2)C(=O)OC1C(O)CO. The first-order valence-electron chi connectivity index (χ1n) is 13.6. The summed E-state index contributed by atoms with van der Waals surface area (Å²) in [5, 5.41) is 19.1. The first kappa shape index (κ1) is 26.4. The van der Waals surface area contributed by atoms with Crippen LogP contribution < -0.4 is 0 Å². The maximum absolute atomic E-state index is 13.3. The minimum Gasteiger partial charge on any atom is -0.449 e. The van der Waals surface area contributed by atoms with Gasteiger partial charge in [-0.2, -0.15) is 0 Å². The summed E-state index contributed by atoms with van der Waals surface area (Å²) < 4.78 is 30.0. The van der Waals surface area contributed by atoms with Crippen molar-refractivity contribution in [2.45, 2.75) is 96.9 Å². The third-order valence-electron chi connectivity index (χ3n) is 10.7. The van der Waals surface area contributed by atoms with Crippen molar-refractivity contribution in [3.8, 4) is 0 Å². The highest BCUT2D eigenvalue weighted by molar-refractivity contribution is 7.53. The summed E-state index contributed by atoms with van der Waals surface area (Å²) in [4.78, 5) is 24.9. The minimum absolute atomic E-state index is 0.114. The Bertz CT molecular complexity index is 1010. The highest BCUT2D eigenvalue weighted by Gasteiger charge is 2.60. The Hall–Kier alpha value is -1.21. The molecule has 1 aliphatic heterocycles.